The minimum absolute atomic E-state index is 0.105. The van der Waals surface area contributed by atoms with Gasteiger partial charge in [0.05, 0.1) is 26.4 Å². The minimum Gasteiger partial charge on any atom is -0.462 e. The van der Waals surface area contributed by atoms with Crippen molar-refractivity contribution in [2.75, 3.05) is 39.6 Å². The van der Waals surface area contributed by atoms with Crippen LogP contribution in [-0.2, 0) is 65.4 Å². The zero-order valence-electron chi connectivity index (χ0n) is 60.9. The van der Waals surface area contributed by atoms with Gasteiger partial charge in [0.1, 0.15) is 19.3 Å². The van der Waals surface area contributed by atoms with E-state index in [0.29, 0.717) is 31.6 Å². The lowest BCUT2D eigenvalue weighted by molar-refractivity contribution is -0.161. The van der Waals surface area contributed by atoms with Crippen LogP contribution in [0.25, 0.3) is 0 Å². The number of aliphatic hydroxyl groups excluding tert-OH is 1. The van der Waals surface area contributed by atoms with Crippen LogP contribution < -0.4 is 0 Å². The molecule has 552 valence electrons. The topological polar surface area (TPSA) is 237 Å². The van der Waals surface area contributed by atoms with Crippen molar-refractivity contribution in [3.63, 3.8) is 0 Å². The highest BCUT2D eigenvalue weighted by Crippen LogP contribution is 2.45. The Hall–Kier alpha value is -1.94. The van der Waals surface area contributed by atoms with E-state index in [2.05, 4.69) is 55.4 Å². The van der Waals surface area contributed by atoms with Gasteiger partial charge in [-0.2, -0.15) is 0 Å². The average Bonchev–Trinajstić information content (AvgIpc) is 2.44. The molecule has 6 atom stereocenters. The summed E-state index contributed by atoms with van der Waals surface area (Å²) in [5.41, 5.74) is 0. The van der Waals surface area contributed by atoms with Crippen LogP contribution in [0, 0.1) is 23.7 Å². The summed E-state index contributed by atoms with van der Waals surface area (Å²) in [6.07, 6.45) is 47.4. The molecule has 19 heteroatoms. The van der Waals surface area contributed by atoms with Gasteiger partial charge < -0.3 is 33.8 Å². The molecule has 0 aromatic heterocycles. The summed E-state index contributed by atoms with van der Waals surface area (Å²) in [6, 6.07) is 0. The van der Waals surface area contributed by atoms with E-state index in [-0.39, 0.29) is 25.7 Å². The van der Waals surface area contributed by atoms with Crippen molar-refractivity contribution >= 4 is 39.5 Å². The first kappa shape index (κ1) is 91.1. The Kier molecular flexibility index (Phi) is 62.2. The summed E-state index contributed by atoms with van der Waals surface area (Å²) >= 11 is 0. The molecule has 0 aromatic rings. The van der Waals surface area contributed by atoms with Gasteiger partial charge in [-0.05, 0) is 49.4 Å². The van der Waals surface area contributed by atoms with E-state index in [9.17, 15) is 43.2 Å². The van der Waals surface area contributed by atoms with Gasteiger partial charge in [0.2, 0.25) is 0 Å². The first-order chi connectivity index (χ1) is 44.6. The molecule has 0 spiro atoms. The normalized spacial score (nSPS) is 14.5. The van der Waals surface area contributed by atoms with Gasteiger partial charge in [-0.1, -0.05) is 319 Å². The third-order valence-corrected chi connectivity index (χ3v) is 19.3. The summed E-state index contributed by atoms with van der Waals surface area (Å²) in [4.78, 5) is 72.6. The maximum Gasteiger partial charge on any atom is 0.472 e. The second-order valence-corrected chi connectivity index (χ2v) is 31.3. The van der Waals surface area contributed by atoms with Crippen molar-refractivity contribution < 1.29 is 80.2 Å². The number of phosphoric acid groups is 2. The Morgan fingerprint density at radius 2 is 0.516 bits per heavy atom. The highest BCUT2D eigenvalue weighted by atomic mass is 31.2. The number of hydrogen-bond acceptors (Lipinski definition) is 15. The fourth-order valence-corrected chi connectivity index (χ4v) is 12.7. The number of carbonyl (C=O) groups is 4. The van der Waals surface area contributed by atoms with Gasteiger partial charge in [-0.15, -0.1) is 0 Å². The van der Waals surface area contributed by atoms with E-state index >= 15 is 0 Å². The monoisotopic (exact) mass is 1370 g/mol. The predicted octanol–water partition coefficient (Wildman–Crippen LogP) is 21.3. The number of ether oxygens (including phenoxy) is 4. The van der Waals surface area contributed by atoms with Crippen LogP contribution in [0.1, 0.15) is 370 Å². The minimum atomic E-state index is -4.95. The largest absolute Gasteiger partial charge is 0.472 e. The highest BCUT2D eigenvalue weighted by molar-refractivity contribution is 7.47. The van der Waals surface area contributed by atoms with Gasteiger partial charge in [0.15, 0.2) is 12.2 Å². The van der Waals surface area contributed by atoms with Crippen molar-refractivity contribution in [3.8, 4) is 0 Å². The number of unbranched alkanes of at least 4 members (excludes halogenated alkanes) is 36. The van der Waals surface area contributed by atoms with Crippen LogP contribution in [0.2, 0.25) is 0 Å². The third kappa shape index (κ3) is 67.0. The first-order valence-corrected chi connectivity index (χ1v) is 41.2. The SMILES string of the molecule is CCC(C)CCCCCCCCC(=O)OC[C@H](COP(=O)(O)OCC(O)COP(=O)(O)OC[C@@H](COC(=O)CCCCCCCCC(C)C)OC(=O)CCCCCCCCCCCCCCCCCCC(C)C)OC(=O)CCCCCCCCCCCCCCC(C)C. The molecule has 0 radical (unpaired) electrons. The molecule has 0 heterocycles. The van der Waals surface area contributed by atoms with E-state index in [4.69, 9.17) is 37.0 Å². The predicted molar refractivity (Wildman–Crippen MR) is 377 cm³/mol. The Balaban J connectivity index is 5.19. The third-order valence-electron chi connectivity index (χ3n) is 17.4. The fourth-order valence-electron chi connectivity index (χ4n) is 11.2. The van der Waals surface area contributed by atoms with Crippen LogP contribution in [-0.4, -0.2) is 96.7 Å². The average molecular weight is 1370 g/mol. The van der Waals surface area contributed by atoms with Crippen molar-refractivity contribution in [1.82, 2.24) is 0 Å². The van der Waals surface area contributed by atoms with Crippen molar-refractivity contribution in [1.29, 1.82) is 0 Å². The molecule has 4 unspecified atom stereocenters. The number of rotatable bonds is 71. The number of aliphatic hydroxyl groups is 1. The quantitative estimate of drug-likeness (QED) is 0.0222. The summed E-state index contributed by atoms with van der Waals surface area (Å²) in [5.74, 6) is 0.869. The van der Waals surface area contributed by atoms with Gasteiger partial charge in [0, 0.05) is 25.7 Å². The Morgan fingerprint density at radius 1 is 0.301 bits per heavy atom. The number of phosphoric ester groups is 2. The zero-order chi connectivity index (χ0) is 68.9. The lowest BCUT2D eigenvalue weighted by Gasteiger charge is -2.21. The Labute approximate surface area is 568 Å². The van der Waals surface area contributed by atoms with Crippen molar-refractivity contribution in [2.45, 2.75) is 388 Å². The number of carbonyl (C=O) groups excluding carboxylic acids is 4. The molecule has 0 fully saturated rings. The lowest BCUT2D eigenvalue weighted by Crippen LogP contribution is -2.30. The van der Waals surface area contributed by atoms with E-state index < -0.39 is 97.5 Å². The first-order valence-electron chi connectivity index (χ1n) is 38.2. The van der Waals surface area contributed by atoms with Crippen LogP contribution in [0.3, 0.4) is 0 Å². The van der Waals surface area contributed by atoms with Gasteiger partial charge >= 0.3 is 39.5 Å². The molecule has 0 bridgehead atoms. The van der Waals surface area contributed by atoms with Gasteiger partial charge in [-0.3, -0.25) is 37.3 Å². The molecular formula is C74H144O17P2. The summed E-state index contributed by atoms with van der Waals surface area (Å²) < 4.78 is 68.4. The Morgan fingerprint density at radius 3 is 0.763 bits per heavy atom. The van der Waals surface area contributed by atoms with Gasteiger partial charge in [0.25, 0.3) is 0 Å². The van der Waals surface area contributed by atoms with Crippen LogP contribution in [0.5, 0.6) is 0 Å². The Bertz CT molecular complexity index is 1840. The van der Waals surface area contributed by atoms with Gasteiger partial charge in [-0.25, -0.2) is 9.13 Å². The fraction of sp³-hybridized carbons (Fsp3) is 0.946. The summed E-state index contributed by atoms with van der Waals surface area (Å²) in [5, 5.41) is 10.6. The molecule has 0 saturated carbocycles. The number of esters is 4. The maximum absolute atomic E-state index is 13.0. The molecule has 17 nitrogen and oxygen atoms in total. The zero-order valence-corrected chi connectivity index (χ0v) is 62.7. The van der Waals surface area contributed by atoms with Crippen molar-refractivity contribution in [3.05, 3.63) is 0 Å². The molecule has 93 heavy (non-hydrogen) atoms. The van der Waals surface area contributed by atoms with E-state index in [1.54, 1.807) is 0 Å². The highest BCUT2D eigenvalue weighted by Gasteiger charge is 2.30. The molecule has 3 N–H and O–H groups in total. The maximum atomic E-state index is 13.0. The van der Waals surface area contributed by atoms with E-state index in [1.807, 2.05) is 0 Å². The van der Waals surface area contributed by atoms with Crippen LogP contribution >= 0.6 is 15.6 Å². The van der Waals surface area contributed by atoms with Crippen LogP contribution in [0.15, 0.2) is 0 Å². The molecule has 0 aliphatic rings. The molecule has 0 rings (SSSR count). The van der Waals surface area contributed by atoms with Crippen molar-refractivity contribution in [2.24, 2.45) is 23.7 Å². The standard InChI is InChI=1S/C74H144O17P2/c1-9-67(8)53-45-37-31-33-39-47-55-72(77)85-61-70(91-74(79)57-49-41-29-25-21-17-16-19-23-27-35-43-51-65(4)5)63-89-93(82,83)87-59-68(75)58-86-92(80,81)88-62-69(60-84-71(76)54-46-38-32-30-36-44-52-66(6)7)90-73(78)56-48-40-28-24-20-15-13-11-10-12-14-18-22-26-34-42-50-64(2)3/h64-70,75H,9-63H2,1-8H3,(H,80,81)(H,82,83)/t67?,68?,69-,70-/m1/s1. The molecule has 0 saturated heterocycles. The smallest absolute Gasteiger partial charge is 0.462 e. The second-order valence-electron chi connectivity index (χ2n) is 28.4. The van der Waals surface area contributed by atoms with E-state index in [0.717, 1.165) is 120 Å². The lowest BCUT2D eigenvalue weighted by atomic mass is 10.00. The molecule has 0 aliphatic heterocycles. The summed E-state index contributed by atoms with van der Waals surface area (Å²) in [6.45, 7) is 14.1. The molecule has 0 amide bonds. The molecule has 0 aromatic carbocycles. The van der Waals surface area contributed by atoms with Crippen LogP contribution in [0.4, 0.5) is 0 Å². The molecule has 0 aliphatic carbocycles. The number of hydrogen-bond donors (Lipinski definition) is 3. The summed E-state index contributed by atoms with van der Waals surface area (Å²) in [7, 11) is -9.91. The van der Waals surface area contributed by atoms with E-state index in [1.165, 1.54) is 161 Å². The molecular weight excluding hydrogens is 1220 g/mol. The second kappa shape index (κ2) is 63.5.